The molecule has 106 valence electrons. The molecule has 1 fully saturated rings. The third-order valence-electron chi connectivity index (χ3n) is 3.71. The average Bonchev–Trinajstić information content (AvgIpc) is 3.10. The number of anilines is 1. The molecule has 5 nitrogen and oxygen atoms in total. The highest BCUT2D eigenvalue weighted by Gasteiger charge is 2.25. The van der Waals surface area contributed by atoms with Crippen molar-refractivity contribution >= 4 is 5.95 Å². The van der Waals surface area contributed by atoms with Crippen molar-refractivity contribution in [3.63, 3.8) is 0 Å². The lowest BCUT2D eigenvalue weighted by Gasteiger charge is -2.16. The molecule has 3 rings (SSSR count). The molecule has 2 heterocycles. The molecule has 1 unspecified atom stereocenters. The van der Waals surface area contributed by atoms with Crippen LogP contribution in [0.15, 0.2) is 24.7 Å². The van der Waals surface area contributed by atoms with E-state index in [2.05, 4.69) is 20.3 Å². The van der Waals surface area contributed by atoms with Gasteiger partial charge in [-0.25, -0.2) is 9.97 Å². The second-order valence-corrected chi connectivity index (χ2v) is 5.53. The van der Waals surface area contributed by atoms with E-state index in [1.54, 1.807) is 0 Å². The fraction of sp³-hybridized carbons (Fsp3) is 0.467. The van der Waals surface area contributed by atoms with Gasteiger partial charge in [-0.2, -0.15) is 0 Å². The number of hydrogen-bond donors (Lipinski definition) is 3. The molecule has 0 spiro atoms. The summed E-state index contributed by atoms with van der Waals surface area (Å²) in [6.07, 6.45) is 9.18. The maximum atomic E-state index is 9.45. The number of rotatable bonds is 6. The van der Waals surface area contributed by atoms with Crippen molar-refractivity contribution in [2.24, 2.45) is 5.92 Å². The minimum Gasteiger partial charge on any atom is -0.394 e. The van der Waals surface area contributed by atoms with E-state index in [9.17, 15) is 5.11 Å². The zero-order chi connectivity index (χ0) is 13.9. The lowest BCUT2D eigenvalue weighted by Crippen LogP contribution is -2.25. The quantitative estimate of drug-likeness (QED) is 0.754. The molecule has 3 N–H and O–H groups in total. The van der Waals surface area contributed by atoms with Gasteiger partial charge in [0.2, 0.25) is 5.95 Å². The summed E-state index contributed by atoms with van der Waals surface area (Å²) in [5.41, 5.74) is 3.01. The maximum absolute atomic E-state index is 9.45. The van der Waals surface area contributed by atoms with Crippen LogP contribution in [-0.2, 0) is 0 Å². The maximum Gasteiger partial charge on any atom is 0.223 e. The summed E-state index contributed by atoms with van der Waals surface area (Å²) in [7, 11) is 0. The molecule has 1 saturated carbocycles. The van der Waals surface area contributed by atoms with E-state index in [0.29, 0.717) is 5.95 Å². The third kappa shape index (κ3) is 2.99. The summed E-state index contributed by atoms with van der Waals surface area (Å²) in [6, 6.07) is 2.04. The summed E-state index contributed by atoms with van der Waals surface area (Å²) in [6.45, 7) is 2.12. The van der Waals surface area contributed by atoms with Crippen LogP contribution in [0.4, 0.5) is 5.95 Å². The summed E-state index contributed by atoms with van der Waals surface area (Å²) in [4.78, 5) is 11.9. The highest BCUT2D eigenvalue weighted by molar-refractivity contribution is 5.62. The number of aryl methyl sites for hydroxylation is 1. The Morgan fingerprint density at radius 2 is 2.35 bits per heavy atom. The first kappa shape index (κ1) is 13.1. The number of H-pyrrole nitrogens is 1. The van der Waals surface area contributed by atoms with Crippen molar-refractivity contribution in [2.75, 3.05) is 11.9 Å². The molecule has 0 saturated heterocycles. The van der Waals surface area contributed by atoms with Crippen molar-refractivity contribution in [1.82, 2.24) is 15.0 Å². The minimum absolute atomic E-state index is 0.0456. The average molecular weight is 272 g/mol. The van der Waals surface area contributed by atoms with E-state index in [1.807, 2.05) is 31.6 Å². The summed E-state index contributed by atoms with van der Waals surface area (Å²) >= 11 is 0. The highest BCUT2D eigenvalue weighted by Crippen LogP contribution is 2.34. The van der Waals surface area contributed by atoms with Gasteiger partial charge in [0, 0.05) is 24.2 Å². The van der Waals surface area contributed by atoms with Crippen molar-refractivity contribution < 1.29 is 5.11 Å². The van der Waals surface area contributed by atoms with E-state index in [1.165, 1.54) is 12.8 Å². The van der Waals surface area contributed by atoms with Crippen LogP contribution in [0.2, 0.25) is 0 Å². The van der Waals surface area contributed by atoms with Crippen LogP contribution < -0.4 is 5.32 Å². The monoisotopic (exact) mass is 272 g/mol. The predicted molar refractivity (Wildman–Crippen MR) is 78.4 cm³/mol. The third-order valence-corrected chi connectivity index (χ3v) is 3.71. The zero-order valence-electron chi connectivity index (χ0n) is 11.6. The molecule has 1 aliphatic carbocycles. The van der Waals surface area contributed by atoms with Crippen LogP contribution in [-0.4, -0.2) is 32.7 Å². The summed E-state index contributed by atoms with van der Waals surface area (Å²) in [5.74, 6) is 1.35. The Balaban J connectivity index is 1.77. The molecule has 2 aromatic heterocycles. The van der Waals surface area contributed by atoms with Gasteiger partial charge in [0.1, 0.15) is 0 Å². The Labute approximate surface area is 118 Å². The Morgan fingerprint density at radius 3 is 3.00 bits per heavy atom. The minimum atomic E-state index is 0.0456. The molecule has 5 heteroatoms. The molecule has 0 aliphatic heterocycles. The first-order valence-corrected chi connectivity index (χ1v) is 7.10. The van der Waals surface area contributed by atoms with Gasteiger partial charge in [0.25, 0.3) is 0 Å². The number of hydrogen-bond acceptors (Lipinski definition) is 4. The lowest BCUT2D eigenvalue weighted by atomic mass is 10.1. The topological polar surface area (TPSA) is 73.8 Å². The van der Waals surface area contributed by atoms with E-state index >= 15 is 0 Å². The molecule has 20 heavy (non-hydrogen) atoms. The summed E-state index contributed by atoms with van der Waals surface area (Å²) in [5, 5.41) is 12.7. The van der Waals surface area contributed by atoms with Crippen LogP contribution in [0, 0.1) is 12.8 Å². The Morgan fingerprint density at radius 1 is 1.50 bits per heavy atom. The van der Waals surface area contributed by atoms with Crippen LogP contribution in [0.5, 0.6) is 0 Å². The molecule has 2 aromatic rings. The second kappa shape index (κ2) is 5.63. The molecule has 0 amide bonds. The molecular weight excluding hydrogens is 252 g/mol. The van der Waals surface area contributed by atoms with Gasteiger partial charge in [-0.3, -0.25) is 0 Å². The highest BCUT2D eigenvalue weighted by atomic mass is 16.3. The van der Waals surface area contributed by atoms with Gasteiger partial charge < -0.3 is 15.4 Å². The molecule has 0 radical (unpaired) electrons. The van der Waals surface area contributed by atoms with Crippen LogP contribution in [0.25, 0.3) is 11.3 Å². The summed E-state index contributed by atoms with van der Waals surface area (Å²) < 4.78 is 0. The molecule has 1 aliphatic rings. The van der Waals surface area contributed by atoms with Crippen LogP contribution in [0.1, 0.15) is 24.8 Å². The number of nitrogens with zero attached hydrogens (tertiary/aromatic N) is 2. The Hall–Kier alpha value is -1.88. The Kier molecular flexibility index (Phi) is 3.69. The number of aromatic nitrogens is 3. The fourth-order valence-corrected chi connectivity index (χ4v) is 2.39. The lowest BCUT2D eigenvalue weighted by molar-refractivity contribution is 0.264. The van der Waals surface area contributed by atoms with Gasteiger partial charge in [-0.15, -0.1) is 0 Å². The molecular formula is C15H20N4O. The smallest absolute Gasteiger partial charge is 0.223 e. The molecule has 0 aromatic carbocycles. The fourth-order valence-electron chi connectivity index (χ4n) is 2.39. The zero-order valence-corrected chi connectivity index (χ0v) is 11.6. The van der Waals surface area contributed by atoms with E-state index < -0.39 is 0 Å². The van der Waals surface area contributed by atoms with E-state index in [4.69, 9.17) is 0 Å². The first-order valence-electron chi connectivity index (χ1n) is 7.10. The van der Waals surface area contributed by atoms with Gasteiger partial charge in [-0.1, -0.05) is 12.8 Å². The van der Waals surface area contributed by atoms with Gasteiger partial charge in [0.15, 0.2) is 0 Å². The Bertz CT molecular complexity index is 563. The molecule has 1 atom stereocenters. The van der Waals surface area contributed by atoms with E-state index in [0.717, 1.165) is 29.2 Å². The predicted octanol–water partition coefficient (Wildman–Crippen LogP) is 2.35. The molecule has 0 bridgehead atoms. The van der Waals surface area contributed by atoms with Gasteiger partial charge in [-0.05, 0) is 30.9 Å². The number of aliphatic hydroxyl groups excluding tert-OH is 1. The SMILES string of the molecule is Cc1cnc(NC(CO)CC2CC2)nc1-c1cc[nH]c1. The van der Waals surface area contributed by atoms with Gasteiger partial charge in [0.05, 0.1) is 18.3 Å². The van der Waals surface area contributed by atoms with E-state index in [-0.39, 0.29) is 12.6 Å². The number of nitrogens with one attached hydrogen (secondary N) is 2. The first-order chi connectivity index (χ1) is 9.76. The number of aromatic amines is 1. The van der Waals surface area contributed by atoms with Crippen LogP contribution in [0.3, 0.4) is 0 Å². The van der Waals surface area contributed by atoms with Crippen molar-refractivity contribution in [2.45, 2.75) is 32.2 Å². The largest absolute Gasteiger partial charge is 0.394 e. The van der Waals surface area contributed by atoms with Crippen LogP contribution >= 0.6 is 0 Å². The number of aliphatic hydroxyl groups is 1. The standard InChI is InChI=1S/C15H20N4O/c1-10-7-17-15(18-13(9-20)6-11-2-3-11)19-14(10)12-4-5-16-8-12/h4-5,7-8,11,13,16,20H,2-3,6,9H2,1H3,(H,17,18,19). The van der Waals surface area contributed by atoms with Crippen molar-refractivity contribution in [3.8, 4) is 11.3 Å². The normalized spacial score (nSPS) is 16.1. The van der Waals surface area contributed by atoms with Gasteiger partial charge >= 0.3 is 0 Å². The second-order valence-electron chi connectivity index (χ2n) is 5.53. The van der Waals surface area contributed by atoms with Crippen molar-refractivity contribution in [1.29, 1.82) is 0 Å². The van der Waals surface area contributed by atoms with Crippen molar-refractivity contribution in [3.05, 3.63) is 30.2 Å².